The Bertz CT molecular complexity index is 380. The molecule has 1 aromatic carbocycles. The zero-order valence-electron chi connectivity index (χ0n) is 9.11. The number of carbonyl (C=O) groups is 1. The highest BCUT2D eigenvalue weighted by molar-refractivity contribution is 5.87. The molecule has 3 heteroatoms. The van der Waals surface area contributed by atoms with Crippen molar-refractivity contribution in [3.63, 3.8) is 0 Å². The third-order valence-corrected chi connectivity index (χ3v) is 2.09. The molecular weight excluding hydrogens is 192 g/mol. The molecule has 0 aliphatic carbocycles. The largest absolute Gasteiger partial charge is 0.496 e. The maximum Gasteiger partial charge on any atom is 0.330 e. The van der Waals surface area contributed by atoms with Crippen molar-refractivity contribution in [2.24, 2.45) is 0 Å². The van der Waals surface area contributed by atoms with Gasteiger partial charge in [-0.1, -0.05) is 12.1 Å². The molecule has 0 fully saturated rings. The lowest BCUT2D eigenvalue weighted by Gasteiger charge is -2.06. The Kier molecular flexibility index (Phi) is 3.92. The van der Waals surface area contributed by atoms with Crippen LogP contribution in [0.2, 0.25) is 0 Å². The summed E-state index contributed by atoms with van der Waals surface area (Å²) in [6.45, 7) is 1.96. The van der Waals surface area contributed by atoms with Gasteiger partial charge in [-0.3, -0.25) is 0 Å². The Labute approximate surface area is 89.3 Å². The minimum Gasteiger partial charge on any atom is -0.496 e. The fraction of sp³-hybridized carbons (Fsp3) is 0.250. The lowest BCUT2D eigenvalue weighted by atomic mass is 10.1. The van der Waals surface area contributed by atoms with E-state index in [1.165, 1.54) is 13.2 Å². The van der Waals surface area contributed by atoms with Crippen LogP contribution in [-0.4, -0.2) is 20.2 Å². The summed E-state index contributed by atoms with van der Waals surface area (Å²) in [7, 11) is 2.95. The van der Waals surface area contributed by atoms with E-state index in [0.29, 0.717) is 0 Å². The molecule has 3 nitrogen and oxygen atoms in total. The molecule has 0 aromatic heterocycles. The molecule has 0 amide bonds. The van der Waals surface area contributed by atoms with Crippen LogP contribution in [0.15, 0.2) is 24.3 Å². The van der Waals surface area contributed by atoms with Gasteiger partial charge >= 0.3 is 5.97 Å². The van der Waals surface area contributed by atoms with E-state index in [2.05, 4.69) is 4.74 Å². The molecule has 0 saturated heterocycles. The number of benzene rings is 1. The van der Waals surface area contributed by atoms with Gasteiger partial charge in [0.15, 0.2) is 0 Å². The maximum atomic E-state index is 10.9. The predicted molar refractivity (Wildman–Crippen MR) is 58.8 cm³/mol. The van der Waals surface area contributed by atoms with Crippen molar-refractivity contribution in [2.75, 3.05) is 14.2 Å². The van der Waals surface area contributed by atoms with E-state index in [-0.39, 0.29) is 5.97 Å². The van der Waals surface area contributed by atoms with E-state index in [9.17, 15) is 4.79 Å². The molecule has 0 unspecified atom stereocenters. The van der Waals surface area contributed by atoms with Crippen LogP contribution >= 0.6 is 0 Å². The van der Waals surface area contributed by atoms with Crippen LogP contribution in [0.3, 0.4) is 0 Å². The molecule has 1 rings (SSSR count). The summed E-state index contributed by atoms with van der Waals surface area (Å²) < 4.78 is 9.71. The van der Waals surface area contributed by atoms with Crippen molar-refractivity contribution in [1.82, 2.24) is 0 Å². The van der Waals surface area contributed by atoms with Gasteiger partial charge in [-0.2, -0.15) is 0 Å². The molecule has 0 atom stereocenters. The first-order valence-electron chi connectivity index (χ1n) is 4.58. The molecule has 0 aliphatic rings. The van der Waals surface area contributed by atoms with E-state index >= 15 is 0 Å². The second-order valence-corrected chi connectivity index (χ2v) is 3.05. The summed E-state index contributed by atoms with van der Waals surface area (Å²) in [6.07, 6.45) is 3.07. The fourth-order valence-electron chi connectivity index (χ4n) is 1.26. The van der Waals surface area contributed by atoms with Gasteiger partial charge in [-0.15, -0.1) is 0 Å². The van der Waals surface area contributed by atoms with E-state index in [1.54, 1.807) is 13.2 Å². The minimum absolute atomic E-state index is 0.375. The quantitative estimate of drug-likeness (QED) is 0.561. The summed E-state index contributed by atoms with van der Waals surface area (Å²) in [5.41, 5.74) is 1.94. The highest BCUT2D eigenvalue weighted by Crippen LogP contribution is 2.22. The van der Waals surface area contributed by atoms with Crippen LogP contribution in [0.1, 0.15) is 11.1 Å². The number of esters is 1. The molecule has 0 saturated carbocycles. The average molecular weight is 206 g/mol. The topological polar surface area (TPSA) is 35.5 Å². The Morgan fingerprint density at radius 2 is 2.07 bits per heavy atom. The molecule has 0 aliphatic heterocycles. The number of hydrogen-bond donors (Lipinski definition) is 0. The molecule has 0 bridgehead atoms. The summed E-state index contributed by atoms with van der Waals surface area (Å²) in [4.78, 5) is 10.9. The smallest absolute Gasteiger partial charge is 0.330 e. The van der Waals surface area contributed by atoms with Crippen LogP contribution in [0.25, 0.3) is 6.08 Å². The van der Waals surface area contributed by atoms with Crippen LogP contribution in [-0.2, 0) is 9.53 Å². The van der Waals surface area contributed by atoms with Crippen molar-refractivity contribution in [2.45, 2.75) is 6.92 Å². The van der Waals surface area contributed by atoms with E-state index in [1.807, 2.05) is 25.1 Å². The molecular formula is C12H14O3. The second-order valence-electron chi connectivity index (χ2n) is 3.05. The van der Waals surface area contributed by atoms with Crippen LogP contribution < -0.4 is 4.74 Å². The molecule has 0 N–H and O–H groups in total. The fourth-order valence-corrected chi connectivity index (χ4v) is 1.26. The van der Waals surface area contributed by atoms with Gasteiger partial charge in [0.25, 0.3) is 0 Å². The van der Waals surface area contributed by atoms with Gasteiger partial charge in [0, 0.05) is 11.6 Å². The Balaban J connectivity index is 3.02. The number of carbonyl (C=O) groups excluding carboxylic acids is 1. The first-order valence-corrected chi connectivity index (χ1v) is 4.58. The molecule has 0 radical (unpaired) electrons. The van der Waals surface area contributed by atoms with Crippen molar-refractivity contribution in [3.8, 4) is 5.75 Å². The first-order chi connectivity index (χ1) is 7.19. The van der Waals surface area contributed by atoms with Crippen LogP contribution in [0.4, 0.5) is 0 Å². The van der Waals surface area contributed by atoms with Gasteiger partial charge in [-0.05, 0) is 24.6 Å². The van der Waals surface area contributed by atoms with Crippen LogP contribution in [0.5, 0.6) is 5.75 Å². The van der Waals surface area contributed by atoms with E-state index in [4.69, 9.17) is 4.74 Å². The normalized spacial score (nSPS) is 10.3. The standard InChI is InChI=1S/C12H14O3/c1-9-5-4-6-11(14-2)10(9)7-8-12(13)15-3/h4-8H,1-3H3. The zero-order chi connectivity index (χ0) is 11.3. The van der Waals surface area contributed by atoms with Crippen molar-refractivity contribution >= 4 is 12.0 Å². The lowest BCUT2D eigenvalue weighted by molar-refractivity contribution is -0.134. The van der Waals surface area contributed by atoms with Crippen LogP contribution in [0, 0.1) is 6.92 Å². The number of methoxy groups -OCH3 is 2. The lowest BCUT2D eigenvalue weighted by Crippen LogP contribution is -1.95. The molecule has 15 heavy (non-hydrogen) atoms. The Morgan fingerprint density at radius 1 is 1.33 bits per heavy atom. The monoisotopic (exact) mass is 206 g/mol. The molecule has 1 aromatic rings. The summed E-state index contributed by atoms with van der Waals surface area (Å²) >= 11 is 0. The third kappa shape index (κ3) is 2.84. The van der Waals surface area contributed by atoms with Gasteiger partial charge in [0.1, 0.15) is 5.75 Å². The highest BCUT2D eigenvalue weighted by atomic mass is 16.5. The zero-order valence-corrected chi connectivity index (χ0v) is 9.11. The Morgan fingerprint density at radius 3 is 2.67 bits per heavy atom. The minimum atomic E-state index is -0.375. The summed E-state index contributed by atoms with van der Waals surface area (Å²) in [6, 6.07) is 5.72. The predicted octanol–water partition coefficient (Wildman–Crippen LogP) is 2.19. The molecule has 80 valence electrons. The van der Waals surface area contributed by atoms with E-state index < -0.39 is 0 Å². The molecule has 0 spiro atoms. The van der Waals surface area contributed by atoms with Gasteiger partial charge in [0.05, 0.1) is 14.2 Å². The number of hydrogen-bond acceptors (Lipinski definition) is 3. The SMILES string of the molecule is COC(=O)C=Cc1c(C)cccc1OC. The summed E-state index contributed by atoms with van der Waals surface area (Å²) in [5, 5.41) is 0. The van der Waals surface area contributed by atoms with Crippen molar-refractivity contribution in [3.05, 3.63) is 35.4 Å². The average Bonchev–Trinajstić information content (AvgIpc) is 2.26. The second kappa shape index (κ2) is 5.20. The van der Waals surface area contributed by atoms with E-state index in [0.717, 1.165) is 16.9 Å². The van der Waals surface area contributed by atoms with Crippen molar-refractivity contribution in [1.29, 1.82) is 0 Å². The van der Waals surface area contributed by atoms with Gasteiger partial charge < -0.3 is 9.47 Å². The summed E-state index contributed by atoms with van der Waals surface area (Å²) in [5.74, 6) is 0.371. The van der Waals surface area contributed by atoms with Gasteiger partial charge in [-0.25, -0.2) is 4.79 Å². The highest BCUT2D eigenvalue weighted by Gasteiger charge is 2.02. The Hall–Kier alpha value is -1.77. The molecule has 0 heterocycles. The van der Waals surface area contributed by atoms with Gasteiger partial charge in [0.2, 0.25) is 0 Å². The van der Waals surface area contributed by atoms with Crippen molar-refractivity contribution < 1.29 is 14.3 Å². The number of ether oxygens (including phenoxy) is 2. The third-order valence-electron chi connectivity index (χ3n) is 2.09. The number of rotatable bonds is 3. The first kappa shape index (κ1) is 11.3. The number of aryl methyl sites for hydroxylation is 1. The maximum absolute atomic E-state index is 10.9.